The smallest absolute Gasteiger partial charge is 0.272 e. The van der Waals surface area contributed by atoms with Crippen LogP contribution in [0.15, 0.2) is 21.4 Å². The first-order valence-electron chi connectivity index (χ1n) is 9.96. The third-order valence-corrected chi connectivity index (χ3v) is 7.04. The number of rotatable bonds is 7. The molecule has 0 spiro atoms. The zero-order valence-corrected chi connectivity index (χ0v) is 17.7. The molecule has 1 N–H and O–H groups in total. The first kappa shape index (κ1) is 19.4. The normalized spacial score (nSPS) is 15.5. The highest BCUT2D eigenvalue weighted by Gasteiger charge is 2.20. The standard InChI is InChI=1S/C19H25N5O2S2/c1-2-3-10-23-17(26)16-14(9-11-27-16)24-18(23)21-22-19(24)28-12-15(25)20-13-7-5-4-6-8-13/h9,11,13H,2-8,10,12H2,1H3,(H,20,25). The predicted octanol–water partition coefficient (Wildman–Crippen LogP) is 3.45. The Morgan fingerprint density at radius 1 is 1.32 bits per heavy atom. The summed E-state index contributed by atoms with van der Waals surface area (Å²) in [4.78, 5) is 25.2. The van der Waals surface area contributed by atoms with Gasteiger partial charge in [-0.3, -0.25) is 18.6 Å². The lowest BCUT2D eigenvalue weighted by atomic mass is 9.95. The summed E-state index contributed by atoms with van der Waals surface area (Å²) in [5.41, 5.74) is 0.808. The van der Waals surface area contributed by atoms with E-state index in [2.05, 4.69) is 22.4 Å². The third kappa shape index (κ3) is 3.82. The van der Waals surface area contributed by atoms with E-state index in [1.165, 1.54) is 42.4 Å². The van der Waals surface area contributed by atoms with Gasteiger partial charge in [-0.15, -0.1) is 21.5 Å². The summed E-state index contributed by atoms with van der Waals surface area (Å²) < 4.78 is 4.33. The number of hydrogen-bond acceptors (Lipinski definition) is 6. The molecule has 0 bridgehead atoms. The van der Waals surface area contributed by atoms with Crippen LogP contribution in [0.25, 0.3) is 16.0 Å². The van der Waals surface area contributed by atoms with E-state index in [0.717, 1.165) is 31.2 Å². The van der Waals surface area contributed by atoms with Crippen LogP contribution in [0.3, 0.4) is 0 Å². The van der Waals surface area contributed by atoms with Crippen LogP contribution in [0.4, 0.5) is 0 Å². The van der Waals surface area contributed by atoms with Crippen LogP contribution >= 0.6 is 23.1 Å². The average Bonchev–Trinajstić information content (AvgIpc) is 3.34. The van der Waals surface area contributed by atoms with E-state index in [-0.39, 0.29) is 11.5 Å². The molecular formula is C19H25N5O2S2. The lowest BCUT2D eigenvalue weighted by molar-refractivity contribution is -0.119. The molecule has 0 aliphatic heterocycles. The maximum atomic E-state index is 12.8. The highest BCUT2D eigenvalue weighted by molar-refractivity contribution is 7.99. The van der Waals surface area contributed by atoms with Crippen LogP contribution in [0.2, 0.25) is 0 Å². The fourth-order valence-corrected chi connectivity index (χ4v) is 5.33. The molecule has 9 heteroatoms. The van der Waals surface area contributed by atoms with E-state index in [1.54, 1.807) is 4.57 Å². The lowest BCUT2D eigenvalue weighted by Gasteiger charge is -2.22. The summed E-state index contributed by atoms with van der Waals surface area (Å²) >= 11 is 2.81. The highest BCUT2D eigenvalue weighted by Crippen LogP contribution is 2.25. The summed E-state index contributed by atoms with van der Waals surface area (Å²) in [7, 11) is 0. The molecule has 4 rings (SSSR count). The number of carbonyl (C=O) groups is 1. The topological polar surface area (TPSA) is 81.3 Å². The van der Waals surface area contributed by atoms with Crippen molar-refractivity contribution in [3.05, 3.63) is 21.8 Å². The molecule has 7 nitrogen and oxygen atoms in total. The molecule has 0 saturated heterocycles. The number of hydrogen-bond donors (Lipinski definition) is 1. The van der Waals surface area contributed by atoms with E-state index in [1.807, 2.05) is 15.8 Å². The maximum Gasteiger partial charge on any atom is 0.272 e. The molecule has 1 aliphatic rings. The number of thiophene rings is 1. The molecule has 3 aromatic rings. The van der Waals surface area contributed by atoms with Crippen molar-refractivity contribution in [3.8, 4) is 0 Å². The van der Waals surface area contributed by atoms with E-state index in [0.29, 0.717) is 34.0 Å². The fraction of sp³-hybridized carbons (Fsp3) is 0.579. The predicted molar refractivity (Wildman–Crippen MR) is 113 cm³/mol. The van der Waals surface area contributed by atoms with Gasteiger partial charge in [-0.25, -0.2) is 0 Å². The first-order valence-corrected chi connectivity index (χ1v) is 11.8. The Kier molecular flexibility index (Phi) is 6.01. The van der Waals surface area contributed by atoms with Crippen LogP contribution in [0, 0.1) is 0 Å². The lowest BCUT2D eigenvalue weighted by Crippen LogP contribution is -2.37. The minimum absolute atomic E-state index is 0.00931. The Bertz CT molecular complexity index is 1030. The van der Waals surface area contributed by atoms with Gasteiger partial charge in [0.2, 0.25) is 11.7 Å². The van der Waals surface area contributed by atoms with Gasteiger partial charge in [0.15, 0.2) is 5.16 Å². The molecule has 0 unspecified atom stereocenters. The van der Waals surface area contributed by atoms with Crippen LogP contribution in [0.5, 0.6) is 0 Å². The Morgan fingerprint density at radius 3 is 2.93 bits per heavy atom. The van der Waals surface area contributed by atoms with Crippen molar-refractivity contribution in [2.75, 3.05) is 5.75 Å². The Balaban J connectivity index is 1.58. The molecular weight excluding hydrogens is 394 g/mol. The summed E-state index contributed by atoms with van der Waals surface area (Å²) in [5, 5.41) is 14.3. The number of carbonyl (C=O) groups excluding carboxylic acids is 1. The van der Waals surface area contributed by atoms with E-state index in [9.17, 15) is 9.59 Å². The molecule has 3 heterocycles. The molecule has 1 fully saturated rings. The van der Waals surface area contributed by atoms with Crippen molar-refractivity contribution >= 4 is 45.0 Å². The quantitative estimate of drug-likeness (QED) is 0.593. The van der Waals surface area contributed by atoms with Gasteiger partial charge >= 0.3 is 0 Å². The number of aryl methyl sites for hydroxylation is 1. The summed E-state index contributed by atoms with van der Waals surface area (Å²) in [5.74, 6) is 0.894. The van der Waals surface area contributed by atoms with Crippen molar-refractivity contribution in [1.82, 2.24) is 24.5 Å². The number of nitrogens with zero attached hydrogens (tertiary/aromatic N) is 4. The number of unbranched alkanes of at least 4 members (excludes halogenated alkanes) is 1. The molecule has 28 heavy (non-hydrogen) atoms. The number of amides is 1. The van der Waals surface area contributed by atoms with Crippen molar-refractivity contribution in [2.45, 2.75) is 69.6 Å². The fourth-order valence-electron chi connectivity index (χ4n) is 3.76. The van der Waals surface area contributed by atoms with Crippen LogP contribution in [-0.2, 0) is 11.3 Å². The average molecular weight is 420 g/mol. The maximum absolute atomic E-state index is 12.8. The second-order valence-corrected chi connectivity index (χ2v) is 9.11. The minimum Gasteiger partial charge on any atom is -0.353 e. The van der Waals surface area contributed by atoms with Gasteiger partial charge in [0.25, 0.3) is 5.56 Å². The number of aromatic nitrogens is 4. The molecule has 150 valence electrons. The summed E-state index contributed by atoms with van der Waals surface area (Å²) in [6.45, 7) is 2.72. The second-order valence-electron chi connectivity index (χ2n) is 7.25. The van der Waals surface area contributed by atoms with Gasteiger partial charge in [-0.2, -0.15) is 0 Å². The summed E-state index contributed by atoms with van der Waals surface area (Å²) in [6, 6.07) is 2.23. The largest absolute Gasteiger partial charge is 0.353 e. The first-order chi connectivity index (χ1) is 13.7. The van der Waals surface area contributed by atoms with Crippen molar-refractivity contribution in [3.63, 3.8) is 0 Å². The van der Waals surface area contributed by atoms with Gasteiger partial charge < -0.3 is 5.32 Å². The van der Waals surface area contributed by atoms with Gasteiger partial charge in [0, 0.05) is 12.6 Å². The van der Waals surface area contributed by atoms with Gasteiger partial charge in [0.05, 0.1) is 11.3 Å². The number of fused-ring (bicyclic) bond motifs is 3. The molecule has 3 aromatic heterocycles. The van der Waals surface area contributed by atoms with Crippen molar-refractivity contribution in [2.24, 2.45) is 0 Å². The van der Waals surface area contributed by atoms with E-state index >= 15 is 0 Å². The van der Waals surface area contributed by atoms with Crippen molar-refractivity contribution < 1.29 is 4.79 Å². The van der Waals surface area contributed by atoms with Crippen LogP contribution in [-0.4, -0.2) is 36.9 Å². The molecule has 0 aromatic carbocycles. The van der Waals surface area contributed by atoms with Crippen LogP contribution < -0.4 is 10.9 Å². The Morgan fingerprint density at radius 2 is 2.14 bits per heavy atom. The van der Waals surface area contributed by atoms with Gasteiger partial charge in [-0.1, -0.05) is 44.4 Å². The van der Waals surface area contributed by atoms with E-state index in [4.69, 9.17) is 0 Å². The Hall–Kier alpha value is -1.87. The minimum atomic E-state index is -0.00931. The number of nitrogens with one attached hydrogen (secondary N) is 1. The van der Waals surface area contributed by atoms with Crippen molar-refractivity contribution in [1.29, 1.82) is 0 Å². The monoisotopic (exact) mass is 419 g/mol. The Labute approximate surface area is 171 Å². The summed E-state index contributed by atoms with van der Waals surface area (Å²) in [6.07, 6.45) is 7.70. The van der Waals surface area contributed by atoms with E-state index < -0.39 is 0 Å². The molecule has 1 saturated carbocycles. The van der Waals surface area contributed by atoms with Gasteiger partial charge in [-0.05, 0) is 30.7 Å². The van der Waals surface area contributed by atoms with Gasteiger partial charge in [0.1, 0.15) is 4.70 Å². The zero-order valence-electron chi connectivity index (χ0n) is 16.0. The molecule has 0 atom stereocenters. The molecule has 1 aliphatic carbocycles. The third-order valence-electron chi connectivity index (χ3n) is 5.22. The SMILES string of the molecule is CCCCn1c(=O)c2sccc2n2c(SCC(=O)NC3CCCCC3)nnc12. The molecule has 1 amide bonds. The molecule has 0 radical (unpaired) electrons. The highest BCUT2D eigenvalue weighted by atomic mass is 32.2. The van der Waals surface area contributed by atoms with Crippen LogP contribution in [0.1, 0.15) is 51.9 Å². The zero-order chi connectivity index (χ0) is 19.5. The second kappa shape index (κ2) is 8.65. The number of thioether (sulfide) groups is 1.